The quantitative estimate of drug-likeness (QED) is 0.339. The summed E-state index contributed by atoms with van der Waals surface area (Å²) >= 11 is 0. The van der Waals surface area contributed by atoms with Gasteiger partial charge >= 0.3 is 39.6 Å². The van der Waals surface area contributed by atoms with Gasteiger partial charge in [0.15, 0.2) is 0 Å². The molecule has 0 aliphatic heterocycles. The van der Waals surface area contributed by atoms with Crippen LogP contribution >= 0.6 is 0 Å². The van der Waals surface area contributed by atoms with Crippen LogP contribution in [0.4, 0.5) is 52.7 Å². The third-order valence-electron chi connectivity index (χ3n) is 1.72. The van der Waals surface area contributed by atoms with E-state index in [0.29, 0.717) is 0 Å². The molecular weight excluding hydrogens is 392 g/mol. The summed E-state index contributed by atoms with van der Waals surface area (Å²) in [5.41, 5.74) is -5.53. The van der Waals surface area contributed by atoms with Crippen LogP contribution in [0.2, 0.25) is 0 Å². The van der Waals surface area contributed by atoms with Gasteiger partial charge in [-0.2, -0.15) is 61.1 Å². The van der Waals surface area contributed by atoms with Crippen LogP contribution < -0.4 is 0 Å². The molecule has 0 aromatic heterocycles. The lowest BCUT2D eigenvalue weighted by Crippen LogP contribution is -2.60. The molecule has 0 bridgehead atoms. The third kappa shape index (κ3) is 5.15. The van der Waals surface area contributed by atoms with Crippen molar-refractivity contribution >= 4 is 10.1 Å². The zero-order valence-electron chi connectivity index (χ0n) is 9.99. The van der Waals surface area contributed by atoms with Gasteiger partial charge in [-0.15, -0.1) is 0 Å². The molecule has 0 aromatic carbocycles. The second kappa shape index (κ2) is 6.37. The van der Waals surface area contributed by atoms with E-state index in [1.54, 1.807) is 0 Å². The standard InChI is InChI=1S/C6H3F9.CHF3O3S/c1-2-3(7,8)4(9,10)5(11,12)6(13,14)15;2-1(3,4)8(5,6)7/h2H,1H2;(H,5,6,7). The first kappa shape index (κ1) is 24.1. The van der Waals surface area contributed by atoms with Crippen LogP contribution in [0, 0.1) is 0 Å². The maximum absolute atomic E-state index is 12.2. The SMILES string of the molecule is C=CC(F)(F)C(F)(F)C(F)(F)C(F)(F)F.O=S(=O)(O)C(F)(F)F. The van der Waals surface area contributed by atoms with E-state index in [4.69, 9.17) is 13.0 Å². The molecule has 23 heavy (non-hydrogen) atoms. The van der Waals surface area contributed by atoms with Crippen molar-refractivity contribution in [3.63, 3.8) is 0 Å². The van der Waals surface area contributed by atoms with Crippen molar-refractivity contribution in [2.24, 2.45) is 0 Å². The van der Waals surface area contributed by atoms with Gasteiger partial charge in [-0.25, -0.2) is 0 Å². The van der Waals surface area contributed by atoms with Crippen LogP contribution in [0.1, 0.15) is 0 Å². The van der Waals surface area contributed by atoms with Crippen molar-refractivity contribution < 1.29 is 65.7 Å². The Morgan fingerprint density at radius 1 is 0.739 bits per heavy atom. The molecule has 0 saturated carbocycles. The zero-order valence-corrected chi connectivity index (χ0v) is 10.8. The number of allylic oxidation sites excluding steroid dienone is 1. The van der Waals surface area contributed by atoms with E-state index in [0.717, 1.165) is 0 Å². The van der Waals surface area contributed by atoms with Gasteiger partial charge in [-0.3, -0.25) is 4.55 Å². The van der Waals surface area contributed by atoms with E-state index in [9.17, 15) is 52.7 Å². The van der Waals surface area contributed by atoms with Crippen LogP contribution in [-0.2, 0) is 10.1 Å². The van der Waals surface area contributed by atoms with Crippen molar-refractivity contribution in [1.82, 2.24) is 0 Å². The largest absolute Gasteiger partial charge is 0.522 e. The third-order valence-corrected chi connectivity index (χ3v) is 2.30. The van der Waals surface area contributed by atoms with Crippen LogP contribution in [0.5, 0.6) is 0 Å². The summed E-state index contributed by atoms with van der Waals surface area (Å²) in [6, 6.07) is 0. The average Bonchev–Trinajstić information content (AvgIpc) is 2.24. The van der Waals surface area contributed by atoms with Crippen LogP contribution in [0.25, 0.3) is 0 Å². The van der Waals surface area contributed by atoms with Gasteiger partial charge in [-0.1, -0.05) is 6.58 Å². The molecule has 0 spiro atoms. The average molecular weight is 396 g/mol. The zero-order chi connectivity index (χ0) is 19.7. The minimum atomic E-state index is -6.84. The molecule has 16 heteroatoms. The molecule has 1 N–H and O–H groups in total. The van der Waals surface area contributed by atoms with E-state index in [1.165, 1.54) is 0 Å². The maximum Gasteiger partial charge on any atom is 0.522 e. The normalized spacial score (nSPS) is 14.8. The molecule has 140 valence electrons. The lowest BCUT2D eigenvalue weighted by atomic mass is 10.0. The second-order valence-electron chi connectivity index (χ2n) is 3.39. The van der Waals surface area contributed by atoms with Crippen molar-refractivity contribution in [3.05, 3.63) is 12.7 Å². The minimum absolute atomic E-state index is 0.966. The first-order valence-electron chi connectivity index (χ1n) is 4.43. The first-order chi connectivity index (χ1) is 9.56. The van der Waals surface area contributed by atoms with Crippen LogP contribution in [0.15, 0.2) is 12.7 Å². The topological polar surface area (TPSA) is 54.4 Å². The van der Waals surface area contributed by atoms with Gasteiger partial charge in [0.1, 0.15) is 0 Å². The van der Waals surface area contributed by atoms with Crippen molar-refractivity contribution in [2.45, 2.75) is 29.5 Å². The van der Waals surface area contributed by atoms with Gasteiger partial charge in [-0.05, 0) is 6.08 Å². The molecule has 0 rings (SSSR count). The fourth-order valence-corrected chi connectivity index (χ4v) is 0.516. The Morgan fingerprint density at radius 2 is 1.00 bits per heavy atom. The molecule has 0 unspecified atom stereocenters. The fraction of sp³-hybridized carbons (Fsp3) is 0.714. The predicted molar refractivity (Wildman–Crippen MR) is 48.7 cm³/mol. The maximum atomic E-state index is 12.2. The molecular formula is C7H4F12O3S. The van der Waals surface area contributed by atoms with E-state index in [2.05, 4.69) is 6.58 Å². The monoisotopic (exact) mass is 396 g/mol. The summed E-state index contributed by atoms with van der Waals surface area (Å²) in [6.07, 6.45) is -7.74. The highest BCUT2D eigenvalue weighted by Crippen LogP contribution is 2.53. The molecule has 0 radical (unpaired) electrons. The van der Waals surface area contributed by atoms with E-state index >= 15 is 0 Å². The number of hydrogen-bond acceptors (Lipinski definition) is 2. The Bertz CT molecular complexity index is 514. The van der Waals surface area contributed by atoms with Gasteiger partial charge in [0.25, 0.3) is 0 Å². The summed E-state index contributed by atoms with van der Waals surface area (Å²) in [7, 11) is -5.84. The van der Waals surface area contributed by atoms with Crippen molar-refractivity contribution in [3.8, 4) is 0 Å². The van der Waals surface area contributed by atoms with Gasteiger partial charge in [0.2, 0.25) is 0 Å². The van der Waals surface area contributed by atoms with E-state index < -0.39 is 45.6 Å². The minimum Gasteiger partial charge on any atom is -0.279 e. The summed E-state index contributed by atoms with van der Waals surface area (Å²) in [5.74, 6) is -19.1. The molecule has 0 saturated heterocycles. The molecule has 0 amide bonds. The Morgan fingerprint density at radius 3 is 1.13 bits per heavy atom. The highest BCUT2D eigenvalue weighted by molar-refractivity contribution is 7.86. The van der Waals surface area contributed by atoms with Crippen molar-refractivity contribution in [1.29, 1.82) is 0 Å². The van der Waals surface area contributed by atoms with Crippen molar-refractivity contribution in [2.75, 3.05) is 0 Å². The van der Waals surface area contributed by atoms with E-state index in [-0.39, 0.29) is 0 Å². The number of rotatable bonds is 3. The highest BCUT2D eigenvalue weighted by atomic mass is 32.2. The molecule has 3 nitrogen and oxygen atoms in total. The fourth-order valence-electron chi connectivity index (χ4n) is 0.516. The Kier molecular flexibility index (Phi) is 6.66. The van der Waals surface area contributed by atoms with Gasteiger partial charge in [0.05, 0.1) is 0 Å². The summed E-state index contributed by atoms with van der Waals surface area (Å²) < 4.78 is 164. The second-order valence-corrected chi connectivity index (χ2v) is 4.81. The van der Waals surface area contributed by atoms with Crippen LogP contribution in [0.3, 0.4) is 0 Å². The molecule has 0 aliphatic rings. The van der Waals surface area contributed by atoms with Gasteiger partial charge in [0, 0.05) is 0 Å². The molecule has 0 atom stereocenters. The summed E-state index contributed by atoms with van der Waals surface area (Å²) in [6.45, 7) is 2.06. The lowest BCUT2D eigenvalue weighted by Gasteiger charge is -2.31. The number of hydrogen-bond donors (Lipinski definition) is 1. The molecule has 0 aliphatic carbocycles. The Labute approximate surface area is 119 Å². The molecule has 0 fully saturated rings. The summed E-state index contributed by atoms with van der Waals surface area (Å²) in [5, 5.41) is 0. The van der Waals surface area contributed by atoms with E-state index in [1.807, 2.05) is 0 Å². The molecule has 0 heterocycles. The highest BCUT2D eigenvalue weighted by Gasteiger charge is 2.80. The smallest absolute Gasteiger partial charge is 0.279 e. The summed E-state index contributed by atoms with van der Waals surface area (Å²) in [4.78, 5) is 0. The first-order valence-corrected chi connectivity index (χ1v) is 5.87. The number of halogens is 12. The molecule has 0 aromatic rings. The lowest BCUT2D eigenvalue weighted by molar-refractivity contribution is -0.388. The van der Waals surface area contributed by atoms with Crippen LogP contribution in [-0.4, -0.2) is 42.4 Å². The number of alkyl halides is 12. The Hall–Kier alpha value is -1.19. The Balaban J connectivity index is 0. The van der Waals surface area contributed by atoms with Gasteiger partial charge < -0.3 is 0 Å². The predicted octanol–water partition coefficient (Wildman–Crippen LogP) is 4.03.